The third-order valence-electron chi connectivity index (χ3n) is 2.54. The Balaban J connectivity index is 3.20. The summed E-state index contributed by atoms with van der Waals surface area (Å²) in [6, 6.07) is 3.92. The Morgan fingerprint density at radius 3 is 2.63 bits per heavy atom. The lowest BCUT2D eigenvalue weighted by Gasteiger charge is -2.18. The molecular formula is C11H15BrN2O4S. The molecule has 0 aromatic heterocycles. The van der Waals surface area contributed by atoms with Crippen LogP contribution in [0, 0.1) is 0 Å². The summed E-state index contributed by atoms with van der Waals surface area (Å²) in [6.07, 6.45) is 0. The van der Waals surface area contributed by atoms with E-state index in [1.807, 2.05) is 0 Å². The number of rotatable bonds is 6. The van der Waals surface area contributed by atoms with Crippen molar-refractivity contribution in [3.63, 3.8) is 0 Å². The first kappa shape index (κ1) is 16.1. The lowest BCUT2D eigenvalue weighted by molar-refractivity contribution is 0.0696. The van der Waals surface area contributed by atoms with E-state index in [9.17, 15) is 13.2 Å². The molecule has 0 fully saturated rings. The van der Waals surface area contributed by atoms with Crippen LogP contribution in [-0.2, 0) is 10.0 Å². The van der Waals surface area contributed by atoms with Crippen LogP contribution in [0.25, 0.3) is 0 Å². The third-order valence-corrected chi connectivity index (χ3v) is 5.39. The maximum Gasteiger partial charge on any atom is 0.335 e. The minimum absolute atomic E-state index is 0.0500. The lowest BCUT2D eigenvalue weighted by atomic mass is 10.2. The minimum atomic E-state index is -3.71. The van der Waals surface area contributed by atoms with Gasteiger partial charge in [-0.05, 0) is 41.2 Å². The molecule has 0 spiro atoms. The van der Waals surface area contributed by atoms with Gasteiger partial charge in [-0.25, -0.2) is 13.2 Å². The van der Waals surface area contributed by atoms with Crippen LogP contribution < -0.4 is 5.32 Å². The van der Waals surface area contributed by atoms with Crippen molar-refractivity contribution in [1.82, 2.24) is 9.62 Å². The summed E-state index contributed by atoms with van der Waals surface area (Å²) in [5, 5.41) is 11.8. The zero-order valence-corrected chi connectivity index (χ0v) is 13.0. The molecule has 0 bridgehead atoms. The molecule has 0 atom stereocenters. The Hall–Kier alpha value is -0.960. The van der Waals surface area contributed by atoms with Gasteiger partial charge in [-0.1, -0.05) is 0 Å². The van der Waals surface area contributed by atoms with Crippen molar-refractivity contribution in [2.24, 2.45) is 0 Å². The molecule has 0 aliphatic rings. The fraction of sp³-hybridized carbons (Fsp3) is 0.364. The molecule has 106 valence electrons. The summed E-state index contributed by atoms with van der Waals surface area (Å²) in [4.78, 5) is 10.8. The maximum absolute atomic E-state index is 12.3. The first-order valence-corrected chi connectivity index (χ1v) is 7.67. The number of carboxylic acids is 1. The number of hydrogen-bond donors (Lipinski definition) is 2. The molecule has 0 saturated carbocycles. The number of nitrogens with one attached hydrogen (secondary N) is 1. The van der Waals surface area contributed by atoms with Gasteiger partial charge in [-0.2, -0.15) is 4.31 Å². The first-order chi connectivity index (χ1) is 8.80. The molecule has 0 saturated heterocycles. The van der Waals surface area contributed by atoms with E-state index in [-0.39, 0.29) is 10.5 Å². The Labute approximate surface area is 120 Å². The molecule has 0 aliphatic heterocycles. The second-order valence-electron chi connectivity index (χ2n) is 3.88. The molecule has 0 unspecified atom stereocenters. The van der Waals surface area contributed by atoms with Gasteiger partial charge >= 0.3 is 5.97 Å². The average Bonchev–Trinajstić information content (AvgIpc) is 2.35. The number of likely N-dealkylation sites (N-methyl/N-ethyl adjacent to an activating group) is 2. The van der Waals surface area contributed by atoms with Crippen LogP contribution in [0.15, 0.2) is 27.6 Å². The minimum Gasteiger partial charge on any atom is -0.478 e. The van der Waals surface area contributed by atoms with Crippen LogP contribution in [0.3, 0.4) is 0 Å². The van der Waals surface area contributed by atoms with Gasteiger partial charge in [0.05, 0.1) is 10.5 Å². The number of benzene rings is 1. The molecule has 1 aromatic carbocycles. The van der Waals surface area contributed by atoms with Crippen LogP contribution in [-0.4, -0.2) is 51.0 Å². The zero-order valence-electron chi connectivity index (χ0n) is 10.6. The zero-order chi connectivity index (χ0) is 14.6. The topological polar surface area (TPSA) is 86.7 Å². The van der Waals surface area contributed by atoms with Gasteiger partial charge in [-0.3, -0.25) is 0 Å². The number of aromatic carboxylic acids is 1. The molecule has 0 heterocycles. The van der Waals surface area contributed by atoms with Gasteiger partial charge < -0.3 is 10.4 Å². The predicted octanol–water partition coefficient (Wildman–Crippen LogP) is 0.987. The normalized spacial score (nSPS) is 11.8. The maximum atomic E-state index is 12.3. The van der Waals surface area contributed by atoms with Crippen LogP contribution in [0.4, 0.5) is 0 Å². The average molecular weight is 351 g/mol. The molecular weight excluding hydrogens is 336 g/mol. The van der Waals surface area contributed by atoms with Gasteiger partial charge in [0.25, 0.3) is 0 Å². The van der Waals surface area contributed by atoms with E-state index < -0.39 is 16.0 Å². The van der Waals surface area contributed by atoms with Crippen molar-refractivity contribution in [3.8, 4) is 0 Å². The molecule has 0 amide bonds. The summed E-state index contributed by atoms with van der Waals surface area (Å²) in [5.74, 6) is -1.16. The Morgan fingerprint density at radius 2 is 2.11 bits per heavy atom. The molecule has 1 rings (SSSR count). The monoisotopic (exact) mass is 350 g/mol. The quantitative estimate of drug-likeness (QED) is 0.798. The van der Waals surface area contributed by atoms with Gasteiger partial charge in [-0.15, -0.1) is 0 Å². The molecule has 0 aliphatic carbocycles. The van der Waals surface area contributed by atoms with E-state index in [1.165, 1.54) is 23.5 Å². The smallest absolute Gasteiger partial charge is 0.335 e. The van der Waals surface area contributed by atoms with Crippen LogP contribution in [0.5, 0.6) is 0 Å². The summed E-state index contributed by atoms with van der Waals surface area (Å²) < 4.78 is 26.1. The first-order valence-electron chi connectivity index (χ1n) is 5.44. The second kappa shape index (κ2) is 6.47. The van der Waals surface area contributed by atoms with E-state index in [1.54, 1.807) is 7.05 Å². The number of halogens is 1. The number of carbonyl (C=O) groups is 1. The summed E-state index contributed by atoms with van der Waals surface area (Å²) in [5.41, 5.74) is -0.0659. The van der Waals surface area contributed by atoms with Gasteiger partial charge in [0, 0.05) is 24.6 Å². The summed E-state index contributed by atoms with van der Waals surface area (Å²) >= 11 is 3.14. The lowest BCUT2D eigenvalue weighted by Crippen LogP contribution is -2.33. The molecule has 2 N–H and O–H groups in total. The van der Waals surface area contributed by atoms with Crippen molar-refractivity contribution in [3.05, 3.63) is 28.2 Å². The van der Waals surface area contributed by atoms with E-state index in [2.05, 4.69) is 21.2 Å². The van der Waals surface area contributed by atoms with E-state index >= 15 is 0 Å². The highest BCUT2D eigenvalue weighted by atomic mass is 79.9. The Morgan fingerprint density at radius 1 is 1.47 bits per heavy atom. The SMILES string of the molecule is CNCCN(C)S(=O)(=O)c1cc(C(=O)O)ccc1Br. The fourth-order valence-corrected chi connectivity index (χ4v) is 3.51. The highest BCUT2D eigenvalue weighted by molar-refractivity contribution is 9.10. The van der Waals surface area contributed by atoms with E-state index in [0.717, 1.165) is 6.07 Å². The molecule has 1 aromatic rings. The van der Waals surface area contributed by atoms with Crippen molar-refractivity contribution >= 4 is 31.9 Å². The number of nitrogens with zero attached hydrogens (tertiary/aromatic N) is 1. The van der Waals surface area contributed by atoms with Gasteiger partial charge in [0.1, 0.15) is 0 Å². The van der Waals surface area contributed by atoms with Gasteiger partial charge in [0.15, 0.2) is 0 Å². The van der Waals surface area contributed by atoms with E-state index in [4.69, 9.17) is 5.11 Å². The molecule has 6 nitrogen and oxygen atoms in total. The number of hydrogen-bond acceptors (Lipinski definition) is 4. The van der Waals surface area contributed by atoms with Crippen molar-refractivity contribution in [2.75, 3.05) is 27.2 Å². The fourth-order valence-electron chi connectivity index (χ4n) is 1.39. The largest absolute Gasteiger partial charge is 0.478 e. The summed E-state index contributed by atoms with van der Waals surface area (Å²) in [6.45, 7) is 0.800. The molecule has 8 heteroatoms. The van der Waals surface area contributed by atoms with Crippen molar-refractivity contribution in [2.45, 2.75) is 4.90 Å². The van der Waals surface area contributed by atoms with Crippen LogP contribution in [0.2, 0.25) is 0 Å². The summed E-state index contributed by atoms with van der Waals surface area (Å²) in [7, 11) is -0.540. The van der Waals surface area contributed by atoms with Crippen molar-refractivity contribution in [1.29, 1.82) is 0 Å². The van der Waals surface area contributed by atoms with Gasteiger partial charge in [0.2, 0.25) is 10.0 Å². The predicted molar refractivity (Wildman–Crippen MR) is 74.8 cm³/mol. The highest BCUT2D eigenvalue weighted by Gasteiger charge is 2.24. The van der Waals surface area contributed by atoms with Crippen LogP contribution in [0.1, 0.15) is 10.4 Å². The van der Waals surface area contributed by atoms with Crippen LogP contribution >= 0.6 is 15.9 Å². The van der Waals surface area contributed by atoms with Crippen molar-refractivity contribution < 1.29 is 18.3 Å². The Bertz CT molecular complexity index is 574. The number of sulfonamides is 1. The number of carboxylic acid groups (broad SMARTS) is 1. The second-order valence-corrected chi connectivity index (χ2v) is 6.75. The standard InChI is InChI=1S/C11H15BrN2O4S/c1-13-5-6-14(2)19(17,18)10-7-8(11(15)16)3-4-9(10)12/h3-4,7,13H,5-6H2,1-2H3,(H,15,16). The molecule has 19 heavy (non-hydrogen) atoms. The third kappa shape index (κ3) is 3.75. The molecule has 0 radical (unpaired) electrons. The van der Waals surface area contributed by atoms with E-state index in [0.29, 0.717) is 17.6 Å². The Kier molecular flexibility index (Phi) is 5.48. The highest BCUT2D eigenvalue weighted by Crippen LogP contribution is 2.25.